The normalized spacial score (nSPS) is 16.1. The van der Waals surface area contributed by atoms with E-state index in [0.29, 0.717) is 46.7 Å². The average molecular weight is 571 g/mol. The summed E-state index contributed by atoms with van der Waals surface area (Å²) in [5.41, 5.74) is 1.88. The van der Waals surface area contributed by atoms with Gasteiger partial charge >= 0.3 is 5.91 Å². The zero-order chi connectivity index (χ0) is 28.8. The fourth-order valence-electron chi connectivity index (χ4n) is 4.61. The number of carbonyl (C=O) groups is 2. The van der Waals surface area contributed by atoms with E-state index >= 15 is 0 Å². The van der Waals surface area contributed by atoms with E-state index in [0.717, 1.165) is 18.4 Å². The van der Waals surface area contributed by atoms with Gasteiger partial charge in [0, 0.05) is 17.1 Å². The highest BCUT2D eigenvalue weighted by Gasteiger charge is 2.48. The zero-order valence-electron chi connectivity index (χ0n) is 22.8. The molecule has 1 N–H and O–H groups in total. The van der Waals surface area contributed by atoms with Gasteiger partial charge in [-0.3, -0.25) is 14.5 Å². The van der Waals surface area contributed by atoms with Crippen LogP contribution in [0.2, 0.25) is 0 Å². The summed E-state index contributed by atoms with van der Waals surface area (Å²) < 4.78 is 17.4. The molecule has 0 saturated carbocycles. The van der Waals surface area contributed by atoms with E-state index in [1.54, 1.807) is 54.0 Å². The summed E-state index contributed by atoms with van der Waals surface area (Å²) >= 11 is 1.23. The van der Waals surface area contributed by atoms with E-state index in [4.69, 9.17) is 14.2 Å². The Labute approximate surface area is 242 Å². The summed E-state index contributed by atoms with van der Waals surface area (Å²) in [5, 5.41) is 13.6. The van der Waals surface area contributed by atoms with E-state index in [2.05, 4.69) is 11.9 Å². The third-order valence-corrected chi connectivity index (χ3v) is 7.46. The molecule has 5 rings (SSSR count). The molecular weight excluding hydrogens is 540 g/mol. The van der Waals surface area contributed by atoms with Crippen molar-refractivity contribution in [1.29, 1.82) is 0 Å². The SMILES string of the molecule is CCCCOc1cccc(/C(O)=C2\C(=O)C(=O)N(c3nccs3)C2c2ccc(OCc3ccccc3)c(OC)c2)c1. The Hall–Kier alpha value is -4.63. The number of Topliss-reactive ketones (excluding diaryl/α,β-unsaturated/α-hetero) is 1. The lowest BCUT2D eigenvalue weighted by atomic mass is 9.95. The Morgan fingerprint density at radius 2 is 1.83 bits per heavy atom. The molecule has 0 spiro atoms. The summed E-state index contributed by atoms with van der Waals surface area (Å²) in [6.45, 7) is 2.95. The van der Waals surface area contributed by atoms with Crippen LogP contribution in [0.5, 0.6) is 17.2 Å². The van der Waals surface area contributed by atoms with Gasteiger partial charge in [0.1, 0.15) is 18.1 Å². The molecule has 1 aromatic heterocycles. The lowest BCUT2D eigenvalue weighted by Gasteiger charge is -2.24. The van der Waals surface area contributed by atoms with Crippen molar-refractivity contribution in [2.75, 3.05) is 18.6 Å². The smallest absolute Gasteiger partial charge is 0.301 e. The summed E-state index contributed by atoms with van der Waals surface area (Å²) in [6, 6.07) is 20.9. The highest BCUT2D eigenvalue weighted by Crippen LogP contribution is 2.44. The number of thiazole rings is 1. The molecule has 3 aromatic carbocycles. The first kappa shape index (κ1) is 27.9. The predicted molar refractivity (Wildman–Crippen MR) is 158 cm³/mol. The van der Waals surface area contributed by atoms with Crippen LogP contribution in [-0.2, 0) is 16.2 Å². The summed E-state index contributed by atoms with van der Waals surface area (Å²) in [6.07, 6.45) is 3.44. The number of rotatable bonds is 11. The average Bonchev–Trinajstić information content (AvgIpc) is 3.63. The lowest BCUT2D eigenvalue weighted by molar-refractivity contribution is -0.132. The molecule has 1 aliphatic heterocycles. The third kappa shape index (κ3) is 5.95. The fraction of sp³-hybridized carbons (Fsp3) is 0.219. The number of unbranched alkanes of at least 4 members (excludes halogenated alkanes) is 1. The highest BCUT2D eigenvalue weighted by atomic mass is 32.1. The Morgan fingerprint density at radius 1 is 1.00 bits per heavy atom. The third-order valence-electron chi connectivity index (χ3n) is 6.68. The molecule has 1 atom stereocenters. The summed E-state index contributed by atoms with van der Waals surface area (Å²) in [5.74, 6) is -0.377. The number of amides is 1. The van der Waals surface area contributed by atoms with E-state index in [-0.39, 0.29) is 11.3 Å². The van der Waals surface area contributed by atoms with Crippen molar-refractivity contribution in [3.63, 3.8) is 0 Å². The number of ketones is 1. The number of aliphatic hydroxyl groups is 1. The summed E-state index contributed by atoms with van der Waals surface area (Å²) in [4.78, 5) is 32.5. The monoisotopic (exact) mass is 570 g/mol. The molecule has 210 valence electrons. The van der Waals surface area contributed by atoms with Crippen LogP contribution in [0.25, 0.3) is 5.76 Å². The van der Waals surface area contributed by atoms with Crippen molar-refractivity contribution in [2.24, 2.45) is 0 Å². The maximum absolute atomic E-state index is 13.5. The minimum Gasteiger partial charge on any atom is -0.507 e. The van der Waals surface area contributed by atoms with E-state index in [1.807, 2.05) is 30.3 Å². The Balaban J connectivity index is 1.56. The van der Waals surface area contributed by atoms with Gasteiger partial charge in [-0.05, 0) is 41.8 Å². The maximum Gasteiger partial charge on any atom is 0.301 e. The molecule has 2 heterocycles. The lowest BCUT2D eigenvalue weighted by Crippen LogP contribution is -2.29. The molecule has 9 heteroatoms. The predicted octanol–water partition coefficient (Wildman–Crippen LogP) is 6.54. The molecule has 0 aliphatic carbocycles. The van der Waals surface area contributed by atoms with Gasteiger partial charge < -0.3 is 19.3 Å². The number of hydrogen-bond donors (Lipinski definition) is 1. The second-order valence-electron chi connectivity index (χ2n) is 9.40. The number of aromatic nitrogens is 1. The molecular formula is C32H30N2O6S. The van der Waals surface area contributed by atoms with Gasteiger partial charge in [-0.2, -0.15) is 0 Å². The Kier molecular flexibility index (Phi) is 8.64. The van der Waals surface area contributed by atoms with Crippen LogP contribution in [0.1, 0.15) is 42.5 Å². The van der Waals surface area contributed by atoms with Crippen molar-refractivity contribution in [3.8, 4) is 17.2 Å². The molecule has 8 nitrogen and oxygen atoms in total. The maximum atomic E-state index is 13.5. The molecule has 1 aliphatic rings. The van der Waals surface area contributed by atoms with Gasteiger partial charge in [-0.15, -0.1) is 11.3 Å². The standard InChI is InChI=1S/C32H30N2O6S/c1-3-4-16-39-24-12-8-11-23(18-24)29(35)27-28(34(31(37)30(27)36)32-33-15-17-41-32)22-13-14-25(26(19-22)38-2)40-20-21-9-6-5-7-10-21/h5-15,17-19,28,35H,3-4,16,20H2,1-2H3/b29-27+. The van der Waals surface area contributed by atoms with Crippen molar-refractivity contribution >= 4 is 33.9 Å². The first-order valence-corrected chi connectivity index (χ1v) is 14.2. The number of nitrogens with zero attached hydrogens (tertiary/aromatic N) is 2. The van der Waals surface area contributed by atoms with E-state index < -0.39 is 17.7 Å². The van der Waals surface area contributed by atoms with Gasteiger partial charge in [0.05, 0.1) is 25.3 Å². The van der Waals surface area contributed by atoms with Gasteiger partial charge in [0.25, 0.3) is 5.78 Å². The largest absolute Gasteiger partial charge is 0.507 e. The fourth-order valence-corrected chi connectivity index (χ4v) is 5.28. The minimum atomic E-state index is -0.942. The molecule has 1 unspecified atom stereocenters. The number of hydrogen-bond acceptors (Lipinski definition) is 8. The van der Waals surface area contributed by atoms with Gasteiger partial charge in [-0.25, -0.2) is 4.98 Å². The number of benzene rings is 3. The molecule has 41 heavy (non-hydrogen) atoms. The summed E-state index contributed by atoms with van der Waals surface area (Å²) in [7, 11) is 1.52. The van der Waals surface area contributed by atoms with Crippen LogP contribution >= 0.6 is 11.3 Å². The number of ether oxygens (including phenoxy) is 3. The Bertz CT molecular complexity index is 1550. The molecule has 0 bridgehead atoms. The van der Waals surface area contributed by atoms with E-state index in [9.17, 15) is 14.7 Å². The molecule has 4 aromatic rings. The second kappa shape index (κ2) is 12.7. The number of carbonyl (C=O) groups excluding carboxylic acids is 2. The number of methoxy groups -OCH3 is 1. The van der Waals surface area contributed by atoms with Gasteiger partial charge in [-0.1, -0.05) is 61.9 Å². The van der Waals surface area contributed by atoms with Crippen LogP contribution in [0, 0.1) is 0 Å². The molecule has 1 fully saturated rings. The van der Waals surface area contributed by atoms with Crippen molar-refractivity contribution in [1.82, 2.24) is 4.98 Å². The van der Waals surface area contributed by atoms with Crippen molar-refractivity contribution in [2.45, 2.75) is 32.4 Å². The van der Waals surface area contributed by atoms with Crippen LogP contribution in [0.4, 0.5) is 5.13 Å². The van der Waals surface area contributed by atoms with Gasteiger partial charge in [0.15, 0.2) is 16.6 Å². The van der Waals surface area contributed by atoms with Crippen molar-refractivity contribution < 1.29 is 28.9 Å². The van der Waals surface area contributed by atoms with Crippen LogP contribution in [-0.4, -0.2) is 35.5 Å². The first-order chi connectivity index (χ1) is 20.0. The second-order valence-corrected chi connectivity index (χ2v) is 10.3. The van der Waals surface area contributed by atoms with Gasteiger partial charge in [0.2, 0.25) is 0 Å². The Morgan fingerprint density at radius 3 is 2.56 bits per heavy atom. The van der Waals surface area contributed by atoms with Crippen LogP contribution in [0.3, 0.4) is 0 Å². The van der Waals surface area contributed by atoms with Crippen molar-refractivity contribution in [3.05, 3.63) is 107 Å². The quantitative estimate of drug-likeness (QED) is 0.0947. The molecule has 1 amide bonds. The van der Waals surface area contributed by atoms with E-state index in [1.165, 1.54) is 23.3 Å². The van der Waals surface area contributed by atoms with Crippen LogP contribution in [0.15, 0.2) is 89.9 Å². The zero-order valence-corrected chi connectivity index (χ0v) is 23.6. The topological polar surface area (TPSA) is 98.2 Å². The minimum absolute atomic E-state index is 0.0454. The number of anilines is 1. The number of aliphatic hydroxyl groups excluding tert-OH is 1. The molecule has 1 saturated heterocycles. The first-order valence-electron chi connectivity index (χ1n) is 13.3. The van der Waals surface area contributed by atoms with Crippen LogP contribution < -0.4 is 19.1 Å². The molecule has 0 radical (unpaired) electrons. The highest BCUT2D eigenvalue weighted by molar-refractivity contribution is 7.14.